The molecular formula is C13H20ClFN2. The highest BCUT2D eigenvalue weighted by molar-refractivity contribution is 6.30. The molecule has 0 saturated heterocycles. The van der Waals surface area contributed by atoms with Gasteiger partial charge in [-0.15, -0.1) is 0 Å². The van der Waals surface area contributed by atoms with E-state index < -0.39 is 0 Å². The lowest BCUT2D eigenvalue weighted by Gasteiger charge is -2.41. The Morgan fingerprint density at radius 1 is 1.47 bits per heavy atom. The van der Waals surface area contributed by atoms with E-state index in [0.29, 0.717) is 10.6 Å². The third-order valence-corrected chi connectivity index (χ3v) is 3.94. The second-order valence-electron chi connectivity index (χ2n) is 4.75. The average molecular weight is 259 g/mol. The zero-order valence-corrected chi connectivity index (χ0v) is 11.6. The smallest absolute Gasteiger partial charge is 0.129 e. The zero-order chi connectivity index (χ0) is 13.2. The van der Waals surface area contributed by atoms with Crippen LogP contribution in [0, 0.1) is 5.82 Å². The van der Waals surface area contributed by atoms with Crippen molar-refractivity contribution in [1.82, 2.24) is 4.90 Å². The predicted octanol–water partition coefficient (Wildman–Crippen LogP) is 3.21. The molecule has 1 aromatic rings. The molecule has 0 radical (unpaired) electrons. The van der Waals surface area contributed by atoms with Gasteiger partial charge in [-0.3, -0.25) is 0 Å². The normalized spacial score (nSPS) is 16.9. The summed E-state index contributed by atoms with van der Waals surface area (Å²) in [6.07, 6.45) is 0.837. The zero-order valence-electron chi connectivity index (χ0n) is 10.8. The van der Waals surface area contributed by atoms with Crippen LogP contribution in [0.1, 0.15) is 31.9 Å². The van der Waals surface area contributed by atoms with E-state index in [1.807, 2.05) is 32.8 Å². The van der Waals surface area contributed by atoms with E-state index in [1.54, 1.807) is 12.1 Å². The molecule has 4 heteroatoms. The van der Waals surface area contributed by atoms with Gasteiger partial charge in [-0.25, -0.2) is 4.39 Å². The van der Waals surface area contributed by atoms with Crippen LogP contribution in [0.15, 0.2) is 18.2 Å². The minimum atomic E-state index is -0.389. The number of hydrogen-bond donors (Lipinski definition) is 1. The van der Waals surface area contributed by atoms with Crippen molar-refractivity contribution in [2.45, 2.75) is 31.8 Å². The fourth-order valence-corrected chi connectivity index (χ4v) is 2.06. The lowest BCUT2D eigenvalue weighted by molar-refractivity contribution is 0.130. The molecule has 2 unspecified atom stereocenters. The fourth-order valence-electron chi connectivity index (χ4n) is 1.90. The van der Waals surface area contributed by atoms with Gasteiger partial charge in [0.1, 0.15) is 5.82 Å². The van der Waals surface area contributed by atoms with Gasteiger partial charge < -0.3 is 10.6 Å². The van der Waals surface area contributed by atoms with Crippen molar-refractivity contribution in [3.63, 3.8) is 0 Å². The van der Waals surface area contributed by atoms with E-state index in [4.69, 9.17) is 17.3 Å². The van der Waals surface area contributed by atoms with Crippen LogP contribution in [-0.2, 0) is 0 Å². The Bertz CT molecular complexity index is 395. The van der Waals surface area contributed by atoms with Crippen LogP contribution in [0.2, 0.25) is 5.02 Å². The first-order valence-electron chi connectivity index (χ1n) is 5.71. The van der Waals surface area contributed by atoms with E-state index in [1.165, 1.54) is 6.07 Å². The van der Waals surface area contributed by atoms with Gasteiger partial charge in [0.25, 0.3) is 0 Å². The maximum Gasteiger partial charge on any atom is 0.129 e. The number of hydrogen-bond acceptors (Lipinski definition) is 2. The summed E-state index contributed by atoms with van der Waals surface area (Å²) >= 11 is 5.74. The second kappa shape index (κ2) is 5.34. The van der Waals surface area contributed by atoms with Crippen molar-refractivity contribution in [2.75, 3.05) is 14.1 Å². The largest absolute Gasteiger partial charge is 0.322 e. The van der Waals surface area contributed by atoms with Crippen LogP contribution >= 0.6 is 11.6 Å². The molecule has 0 spiro atoms. The third kappa shape index (κ3) is 2.79. The second-order valence-corrected chi connectivity index (χ2v) is 5.19. The number of likely N-dealkylation sites (N-methyl/N-ethyl adjacent to an activating group) is 1. The lowest BCUT2D eigenvalue weighted by atomic mass is 9.84. The van der Waals surface area contributed by atoms with Crippen molar-refractivity contribution >= 4 is 11.6 Å². The molecule has 1 aromatic carbocycles. The van der Waals surface area contributed by atoms with Crippen molar-refractivity contribution in [3.8, 4) is 0 Å². The number of nitrogens with two attached hydrogens (primary N) is 1. The molecule has 0 aliphatic rings. The van der Waals surface area contributed by atoms with Crippen molar-refractivity contribution < 1.29 is 4.39 Å². The molecule has 0 aliphatic carbocycles. The molecule has 2 atom stereocenters. The van der Waals surface area contributed by atoms with E-state index in [0.717, 1.165) is 6.42 Å². The summed E-state index contributed by atoms with van der Waals surface area (Å²) in [6, 6.07) is 4.26. The highest BCUT2D eigenvalue weighted by Crippen LogP contribution is 2.32. The summed E-state index contributed by atoms with van der Waals surface area (Å²) < 4.78 is 13.8. The van der Waals surface area contributed by atoms with E-state index in [2.05, 4.69) is 0 Å². The van der Waals surface area contributed by atoms with Crippen molar-refractivity contribution in [2.24, 2.45) is 5.73 Å². The summed E-state index contributed by atoms with van der Waals surface area (Å²) in [7, 11) is 3.91. The Kier molecular flexibility index (Phi) is 4.53. The maximum absolute atomic E-state index is 13.8. The van der Waals surface area contributed by atoms with Gasteiger partial charge in [-0.2, -0.15) is 0 Å². The van der Waals surface area contributed by atoms with Gasteiger partial charge in [-0.1, -0.05) is 24.6 Å². The van der Waals surface area contributed by atoms with Crippen LogP contribution in [0.5, 0.6) is 0 Å². The molecule has 2 N–H and O–H groups in total. The van der Waals surface area contributed by atoms with Gasteiger partial charge in [0.05, 0.1) is 6.04 Å². The summed E-state index contributed by atoms with van der Waals surface area (Å²) in [6.45, 7) is 4.08. The van der Waals surface area contributed by atoms with Crippen LogP contribution in [0.4, 0.5) is 4.39 Å². The van der Waals surface area contributed by atoms with Gasteiger partial charge in [-0.05, 0) is 39.6 Å². The van der Waals surface area contributed by atoms with E-state index in [-0.39, 0.29) is 17.4 Å². The minimum Gasteiger partial charge on any atom is -0.322 e. The molecule has 0 fully saturated rings. The van der Waals surface area contributed by atoms with Crippen molar-refractivity contribution in [1.29, 1.82) is 0 Å². The Labute approximate surface area is 108 Å². The highest BCUT2D eigenvalue weighted by atomic mass is 35.5. The molecule has 2 nitrogen and oxygen atoms in total. The monoisotopic (exact) mass is 258 g/mol. The quantitative estimate of drug-likeness (QED) is 0.899. The Balaban J connectivity index is 3.14. The van der Waals surface area contributed by atoms with Gasteiger partial charge in [0.2, 0.25) is 0 Å². The molecule has 0 saturated carbocycles. The number of nitrogens with zero attached hydrogens (tertiary/aromatic N) is 1. The molecule has 0 bridgehead atoms. The van der Waals surface area contributed by atoms with Gasteiger partial charge in [0.15, 0.2) is 0 Å². The molecule has 0 amide bonds. The SMILES string of the molecule is CCC(C)(C(N)c1ccc(Cl)cc1F)N(C)C. The van der Waals surface area contributed by atoms with Gasteiger partial charge >= 0.3 is 0 Å². The summed E-state index contributed by atoms with van der Waals surface area (Å²) in [5.41, 5.74) is 6.43. The lowest BCUT2D eigenvalue weighted by Crippen LogP contribution is -2.49. The van der Waals surface area contributed by atoms with Crippen LogP contribution in [0.3, 0.4) is 0 Å². The number of rotatable bonds is 4. The van der Waals surface area contributed by atoms with E-state index in [9.17, 15) is 4.39 Å². The molecule has 1 rings (SSSR count). The summed E-state index contributed by atoms with van der Waals surface area (Å²) in [5, 5.41) is 0.390. The first-order valence-corrected chi connectivity index (χ1v) is 6.08. The summed E-state index contributed by atoms with van der Waals surface area (Å²) in [5.74, 6) is -0.341. The average Bonchev–Trinajstić information content (AvgIpc) is 2.26. The topological polar surface area (TPSA) is 29.3 Å². The maximum atomic E-state index is 13.8. The standard InChI is InChI=1S/C13H20ClFN2/c1-5-13(2,17(3)4)12(16)10-7-6-9(14)8-11(10)15/h6-8,12H,5,16H2,1-4H3. The molecule has 17 heavy (non-hydrogen) atoms. The summed E-state index contributed by atoms with van der Waals surface area (Å²) in [4.78, 5) is 2.03. The minimum absolute atomic E-state index is 0.283. The Morgan fingerprint density at radius 2 is 2.06 bits per heavy atom. The molecule has 0 heterocycles. The number of halogens is 2. The van der Waals surface area contributed by atoms with Gasteiger partial charge in [0, 0.05) is 16.1 Å². The molecule has 0 aromatic heterocycles. The first-order chi connectivity index (χ1) is 7.82. The van der Waals surface area contributed by atoms with Crippen LogP contribution in [-0.4, -0.2) is 24.5 Å². The fraction of sp³-hybridized carbons (Fsp3) is 0.538. The van der Waals surface area contributed by atoms with Crippen LogP contribution < -0.4 is 5.73 Å². The Morgan fingerprint density at radius 3 is 2.47 bits per heavy atom. The Hall–Kier alpha value is -0.640. The molecule has 96 valence electrons. The first kappa shape index (κ1) is 14.4. The predicted molar refractivity (Wildman–Crippen MR) is 70.7 cm³/mol. The molecular weight excluding hydrogens is 239 g/mol. The highest BCUT2D eigenvalue weighted by Gasteiger charge is 2.34. The van der Waals surface area contributed by atoms with Crippen molar-refractivity contribution in [3.05, 3.63) is 34.6 Å². The van der Waals surface area contributed by atoms with E-state index >= 15 is 0 Å². The van der Waals surface area contributed by atoms with Crippen LogP contribution in [0.25, 0.3) is 0 Å². The number of benzene rings is 1. The third-order valence-electron chi connectivity index (χ3n) is 3.70. The molecule has 0 aliphatic heterocycles.